The fraction of sp³-hybridized carbons (Fsp3) is 0.476. The lowest BCUT2D eigenvalue weighted by Gasteiger charge is -2.29. The minimum Gasteiger partial charge on any atom is -0.332 e. The molecule has 160 valence electrons. The Morgan fingerprint density at radius 1 is 1.23 bits per heavy atom. The van der Waals surface area contributed by atoms with Crippen molar-refractivity contribution in [3.05, 3.63) is 63.3 Å². The number of fused-ring (bicyclic) bond motifs is 1. The van der Waals surface area contributed by atoms with Crippen LogP contribution in [0.1, 0.15) is 54.4 Å². The van der Waals surface area contributed by atoms with E-state index in [0.717, 1.165) is 18.2 Å². The molecule has 1 aromatic carbocycles. The number of benzene rings is 1. The number of aromatic amines is 1. The number of hydrogen-bond donors (Lipinski definition) is 1. The molecule has 30 heavy (non-hydrogen) atoms. The summed E-state index contributed by atoms with van der Waals surface area (Å²) in [4.78, 5) is 35.2. The van der Waals surface area contributed by atoms with Gasteiger partial charge in [-0.05, 0) is 31.7 Å². The minimum absolute atomic E-state index is 0.00170. The standard InChI is InChI=1S/C21H26N4O4S/c1-14(15-7-4-3-5-8-15)21(27)25-11-6-9-18(25)19-22-17-13-24(30(2,28)29)12-10-16(17)20(26)23-19/h3-5,7-8,14,18H,6,9-13H2,1-2H3,(H,22,23,26)/t14-,18-/m1/s1. The average molecular weight is 431 g/mol. The molecule has 0 spiro atoms. The minimum atomic E-state index is -3.36. The summed E-state index contributed by atoms with van der Waals surface area (Å²) in [7, 11) is -3.36. The molecule has 2 aromatic rings. The maximum absolute atomic E-state index is 13.2. The van der Waals surface area contributed by atoms with Crippen LogP contribution in [-0.2, 0) is 27.8 Å². The number of amides is 1. The largest absolute Gasteiger partial charge is 0.332 e. The molecular weight excluding hydrogens is 404 g/mol. The van der Waals surface area contributed by atoms with Crippen molar-refractivity contribution < 1.29 is 13.2 Å². The molecule has 2 atom stereocenters. The lowest BCUT2D eigenvalue weighted by Crippen LogP contribution is -2.40. The first-order valence-corrected chi connectivity index (χ1v) is 12.0. The molecule has 0 saturated carbocycles. The number of hydrogen-bond acceptors (Lipinski definition) is 5. The Kier molecular flexibility index (Phi) is 5.50. The van der Waals surface area contributed by atoms with Gasteiger partial charge in [0.2, 0.25) is 15.9 Å². The van der Waals surface area contributed by atoms with Crippen molar-refractivity contribution in [3.63, 3.8) is 0 Å². The Bertz CT molecular complexity index is 1110. The number of nitrogens with zero attached hydrogens (tertiary/aromatic N) is 3. The number of nitrogens with one attached hydrogen (secondary N) is 1. The van der Waals surface area contributed by atoms with Gasteiger partial charge < -0.3 is 9.88 Å². The van der Waals surface area contributed by atoms with Gasteiger partial charge in [-0.25, -0.2) is 13.4 Å². The molecule has 9 heteroatoms. The third-order valence-electron chi connectivity index (χ3n) is 6.05. The van der Waals surface area contributed by atoms with Gasteiger partial charge in [0.25, 0.3) is 5.56 Å². The van der Waals surface area contributed by atoms with Gasteiger partial charge in [0.05, 0.1) is 30.5 Å². The van der Waals surface area contributed by atoms with Crippen LogP contribution in [0.2, 0.25) is 0 Å². The highest BCUT2D eigenvalue weighted by Gasteiger charge is 2.35. The normalized spacial score (nSPS) is 20.7. The molecule has 1 N–H and O–H groups in total. The van der Waals surface area contributed by atoms with Gasteiger partial charge in [-0.15, -0.1) is 0 Å². The molecule has 2 aliphatic rings. The van der Waals surface area contributed by atoms with E-state index in [1.165, 1.54) is 4.31 Å². The fourth-order valence-corrected chi connectivity index (χ4v) is 5.10. The van der Waals surface area contributed by atoms with E-state index in [1.54, 1.807) is 4.90 Å². The number of carbonyl (C=O) groups excluding carboxylic acids is 1. The van der Waals surface area contributed by atoms with Crippen LogP contribution >= 0.6 is 0 Å². The summed E-state index contributed by atoms with van der Waals surface area (Å²) in [6.07, 6.45) is 3.04. The number of aromatic nitrogens is 2. The molecule has 0 radical (unpaired) electrons. The zero-order valence-electron chi connectivity index (χ0n) is 17.2. The summed E-state index contributed by atoms with van der Waals surface area (Å²) in [6.45, 7) is 2.86. The van der Waals surface area contributed by atoms with Crippen molar-refractivity contribution in [1.29, 1.82) is 0 Å². The topological polar surface area (TPSA) is 103 Å². The summed E-state index contributed by atoms with van der Waals surface area (Å²) in [5.41, 5.74) is 1.73. The van der Waals surface area contributed by atoms with Gasteiger partial charge in [0.15, 0.2) is 0 Å². The maximum Gasteiger partial charge on any atom is 0.254 e. The second-order valence-corrected chi connectivity index (χ2v) is 10.0. The van der Waals surface area contributed by atoms with Gasteiger partial charge >= 0.3 is 0 Å². The highest BCUT2D eigenvalue weighted by Crippen LogP contribution is 2.33. The lowest BCUT2D eigenvalue weighted by molar-refractivity contribution is -0.133. The monoisotopic (exact) mass is 430 g/mol. The summed E-state index contributed by atoms with van der Waals surface area (Å²) in [6, 6.07) is 9.31. The van der Waals surface area contributed by atoms with Crippen LogP contribution in [-0.4, -0.2) is 52.8 Å². The SMILES string of the molecule is C[C@@H](C(=O)N1CCC[C@@H]1c1nc2c(c(=O)[nH]1)CCN(S(C)(=O)=O)C2)c1ccccc1. The Morgan fingerprint density at radius 3 is 2.67 bits per heavy atom. The first-order chi connectivity index (χ1) is 14.3. The fourth-order valence-electron chi connectivity index (χ4n) is 4.32. The molecule has 1 saturated heterocycles. The van der Waals surface area contributed by atoms with Crippen molar-refractivity contribution in [1.82, 2.24) is 19.2 Å². The third kappa shape index (κ3) is 3.91. The molecule has 4 rings (SSSR count). The molecule has 8 nitrogen and oxygen atoms in total. The Labute approximate surface area is 176 Å². The van der Waals surface area contributed by atoms with Crippen LogP contribution in [0, 0.1) is 0 Å². The van der Waals surface area contributed by atoms with E-state index in [0.29, 0.717) is 36.5 Å². The van der Waals surface area contributed by atoms with E-state index in [4.69, 9.17) is 0 Å². The first-order valence-electron chi connectivity index (χ1n) is 10.2. The predicted molar refractivity (Wildman–Crippen MR) is 112 cm³/mol. The lowest BCUT2D eigenvalue weighted by atomic mass is 9.99. The molecule has 1 fully saturated rings. The van der Waals surface area contributed by atoms with Crippen LogP contribution in [0.4, 0.5) is 0 Å². The third-order valence-corrected chi connectivity index (χ3v) is 7.30. The molecule has 0 bridgehead atoms. The Balaban J connectivity index is 1.63. The second-order valence-electron chi connectivity index (χ2n) is 8.04. The van der Waals surface area contributed by atoms with Gasteiger partial charge in [-0.1, -0.05) is 30.3 Å². The van der Waals surface area contributed by atoms with Crippen molar-refractivity contribution in [2.45, 2.75) is 44.7 Å². The molecule has 1 aromatic heterocycles. The quantitative estimate of drug-likeness (QED) is 0.793. The molecule has 3 heterocycles. The highest BCUT2D eigenvalue weighted by molar-refractivity contribution is 7.88. The second kappa shape index (κ2) is 7.96. The Hall–Kier alpha value is -2.52. The van der Waals surface area contributed by atoms with Gasteiger partial charge in [0.1, 0.15) is 5.82 Å². The molecule has 0 unspecified atom stereocenters. The van der Waals surface area contributed by atoms with Gasteiger partial charge in [0, 0.05) is 18.7 Å². The van der Waals surface area contributed by atoms with E-state index >= 15 is 0 Å². The van der Waals surface area contributed by atoms with Crippen LogP contribution < -0.4 is 5.56 Å². The van der Waals surface area contributed by atoms with E-state index < -0.39 is 10.0 Å². The van der Waals surface area contributed by atoms with E-state index in [-0.39, 0.29) is 36.5 Å². The Morgan fingerprint density at radius 2 is 1.97 bits per heavy atom. The van der Waals surface area contributed by atoms with Gasteiger partial charge in [-0.2, -0.15) is 4.31 Å². The zero-order chi connectivity index (χ0) is 21.5. The van der Waals surface area contributed by atoms with Crippen molar-refractivity contribution in [2.75, 3.05) is 19.3 Å². The number of rotatable bonds is 4. The van der Waals surface area contributed by atoms with Crippen molar-refractivity contribution in [3.8, 4) is 0 Å². The molecule has 1 amide bonds. The highest BCUT2D eigenvalue weighted by atomic mass is 32.2. The van der Waals surface area contributed by atoms with Gasteiger partial charge in [-0.3, -0.25) is 9.59 Å². The van der Waals surface area contributed by atoms with Crippen LogP contribution in [0.5, 0.6) is 0 Å². The number of carbonyl (C=O) groups is 1. The summed E-state index contributed by atoms with van der Waals surface area (Å²) < 4.78 is 25.2. The van der Waals surface area contributed by atoms with Crippen molar-refractivity contribution in [2.24, 2.45) is 0 Å². The van der Waals surface area contributed by atoms with Crippen molar-refractivity contribution >= 4 is 15.9 Å². The first kappa shape index (κ1) is 20.7. The predicted octanol–water partition coefficient (Wildman–Crippen LogP) is 1.55. The van der Waals surface area contributed by atoms with Crippen LogP contribution in [0.15, 0.2) is 35.1 Å². The summed E-state index contributed by atoms with van der Waals surface area (Å²) in [5.74, 6) is 0.152. The molecule has 0 aliphatic carbocycles. The smallest absolute Gasteiger partial charge is 0.254 e. The maximum atomic E-state index is 13.2. The summed E-state index contributed by atoms with van der Waals surface area (Å²) >= 11 is 0. The van der Waals surface area contributed by atoms with E-state index in [1.807, 2.05) is 37.3 Å². The molecule has 2 aliphatic heterocycles. The average Bonchev–Trinajstić information content (AvgIpc) is 3.22. The van der Waals surface area contributed by atoms with Crippen LogP contribution in [0.3, 0.4) is 0 Å². The van der Waals surface area contributed by atoms with E-state index in [9.17, 15) is 18.0 Å². The van der Waals surface area contributed by atoms with Crippen LogP contribution in [0.25, 0.3) is 0 Å². The number of H-pyrrole nitrogens is 1. The molecular formula is C21H26N4O4S. The number of likely N-dealkylation sites (tertiary alicyclic amines) is 1. The number of sulfonamides is 1. The summed E-state index contributed by atoms with van der Waals surface area (Å²) in [5, 5.41) is 0. The zero-order valence-corrected chi connectivity index (χ0v) is 18.0. The van der Waals surface area contributed by atoms with E-state index in [2.05, 4.69) is 9.97 Å².